The molecule has 2 rings (SSSR count). The second kappa shape index (κ2) is 11.0. The summed E-state index contributed by atoms with van der Waals surface area (Å²) in [7, 11) is 0. The van der Waals surface area contributed by atoms with Crippen LogP contribution in [0.15, 0.2) is 54.6 Å². The lowest BCUT2D eigenvalue weighted by molar-refractivity contribution is -0.143. The zero-order chi connectivity index (χ0) is 19.6. The number of thiocarbonyl (C=S) groups is 1. The standard InChI is InChI=1S/C20H21IN2O3S/c1-2-26-18(24)12-13-23(14-15-8-4-3-5-9-15)20(27)22-19(25)16-10-6-7-11-17(16)21/h3-11H,2,12-14H2,1H3,(H,22,25,27). The number of ether oxygens (including phenoxy) is 1. The van der Waals surface area contributed by atoms with Crippen molar-refractivity contribution in [3.63, 3.8) is 0 Å². The highest BCUT2D eigenvalue weighted by Crippen LogP contribution is 2.12. The maximum Gasteiger partial charge on any atom is 0.307 e. The zero-order valence-electron chi connectivity index (χ0n) is 15.0. The lowest BCUT2D eigenvalue weighted by Crippen LogP contribution is -2.43. The van der Waals surface area contributed by atoms with E-state index in [-0.39, 0.29) is 23.4 Å². The van der Waals surface area contributed by atoms with Crippen molar-refractivity contribution in [3.8, 4) is 0 Å². The molecular weight excluding hydrogens is 475 g/mol. The molecule has 0 radical (unpaired) electrons. The van der Waals surface area contributed by atoms with E-state index in [4.69, 9.17) is 17.0 Å². The van der Waals surface area contributed by atoms with E-state index < -0.39 is 0 Å². The Kier molecular flexibility index (Phi) is 8.66. The minimum absolute atomic E-state index is 0.194. The van der Waals surface area contributed by atoms with E-state index >= 15 is 0 Å². The molecule has 0 saturated heterocycles. The van der Waals surface area contributed by atoms with E-state index in [1.165, 1.54) is 0 Å². The summed E-state index contributed by atoms with van der Waals surface area (Å²) in [5.41, 5.74) is 1.60. The van der Waals surface area contributed by atoms with Crippen LogP contribution in [0.2, 0.25) is 0 Å². The van der Waals surface area contributed by atoms with Crippen LogP contribution in [0.25, 0.3) is 0 Å². The molecule has 0 spiro atoms. The number of nitrogens with zero attached hydrogens (tertiary/aromatic N) is 1. The molecule has 0 unspecified atom stereocenters. The summed E-state index contributed by atoms with van der Waals surface area (Å²) in [5.74, 6) is -0.554. The molecular formula is C20H21IN2O3S. The third-order valence-corrected chi connectivity index (χ3v) is 5.03. The molecule has 1 amide bonds. The second-order valence-corrected chi connectivity index (χ2v) is 7.25. The molecule has 0 heterocycles. The molecule has 2 aromatic carbocycles. The van der Waals surface area contributed by atoms with Crippen LogP contribution in [0.4, 0.5) is 0 Å². The van der Waals surface area contributed by atoms with E-state index in [9.17, 15) is 9.59 Å². The fraction of sp³-hybridized carbons (Fsp3) is 0.250. The van der Waals surface area contributed by atoms with Gasteiger partial charge in [-0.25, -0.2) is 0 Å². The first kappa shape index (κ1) is 21.3. The molecule has 0 aliphatic carbocycles. The van der Waals surface area contributed by atoms with Crippen molar-refractivity contribution in [1.82, 2.24) is 10.2 Å². The topological polar surface area (TPSA) is 58.6 Å². The van der Waals surface area contributed by atoms with Gasteiger partial charge in [0.25, 0.3) is 5.91 Å². The third kappa shape index (κ3) is 6.91. The smallest absolute Gasteiger partial charge is 0.307 e. The predicted octanol–water partition coefficient (Wildman–Crippen LogP) is 3.76. The van der Waals surface area contributed by atoms with Crippen LogP contribution in [0.3, 0.4) is 0 Å². The normalized spacial score (nSPS) is 10.1. The van der Waals surface area contributed by atoms with Crippen LogP contribution < -0.4 is 5.32 Å². The minimum Gasteiger partial charge on any atom is -0.466 e. The van der Waals surface area contributed by atoms with Crippen molar-refractivity contribution in [2.75, 3.05) is 13.2 Å². The Bertz CT molecular complexity index is 799. The highest BCUT2D eigenvalue weighted by molar-refractivity contribution is 14.1. The highest BCUT2D eigenvalue weighted by atomic mass is 127. The van der Waals surface area contributed by atoms with E-state index in [0.717, 1.165) is 9.13 Å². The van der Waals surface area contributed by atoms with Gasteiger partial charge in [-0.1, -0.05) is 42.5 Å². The molecule has 0 aliphatic heterocycles. The number of benzene rings is 2. The van der Waals surface area contributed by atoms with Crippen molar-refractivity contribution < 1.29 is 14.3 Å². The fourth-order valence-electron chi connectivity index (χ4n) is 2.40. The van der Waals surface area contributed by atoms with Gasteiger partial charge in [0.15, 0.2) is 5.11 Å². The van der Waals surface area contributed by atoms with Gasteiger partial charge >= 0.3 is 5.97 Å². The average molecular weight is 496 g/mol. The fourth-order valence-corrected chi connectivity index (χ4v) is 3.29. The van der Waals surface area contributed by atoms with Gasteiger partial charge in [-0.05, 0) is 59.4 Å². The van der Waals surface area contributed by atoms with Gasteiger partial charge in [-0.15, -0.1) is 0 Å². The summed E-state index contributed by atoms with van der Waals surface area (Å²) in [5, 5.41) is 3.06. The molecule has 2 aromatic rings. The summed E-state index contributed by atoms with van der Waals surface area (Å²) < 4.78 is 5.84. The highest BCUT2D eigenvalue weighted by Gasteiger charge is 2.17. The van der Waals surface area contributed by atoms with E-state index in [0.29, 0.717) is 25.3 Å². The van der Waals surface area contributed by atoms with Crippen LogP contribution in [-0.4, -0.2) is 35.0 Å². The average Bonchev–Trinajstić information content (AvgIpc) is 2.66. The number of hydrogen-bond acceptors (Lipinski definition) is 4. The van der Waals surface area contributed by atoms with Gasteiger partial charge in [0, 0.05) is 16.7 Å². The summed E-state index contributed by atoms with van der Waals surface area (Å²) in [6.07, 6.45) is 0.194. The Labute approximate surface area is 178 Å². The van der Waals surface area contributed by atoms with Gasteiger partial charge < -0.3 is 9.64 Å². The van der Waals surface area contributed by atoms with Crippen molar-refractivity contribution in [2.45, 2.75) is 19.9 Å². The van der Waals surface area contributed by atoms with Crippen LogP contribution in [0, 0.1) is 3.57 Å². The number of carbonyl (C=O) groups excluding carboxylic acids is 2. The minimum atomic E-state index is -0.290. The molecule has 27 heavy (non-hydrogen) atoms. The number of amides is 1. The van der Waals surface area contributed by atoms with E-state index in [1.807, 2.05) is 48.5 Å². The van der Waals surface area contributed by atoms with Crippen molar-refractivity contribution >= 4 is 51.8 Å². The molecule has 7 heteroatoms. The quantitative estimate of drug-likeness (QED) is 0.360. The maximum absolute atomic E-state index is 12.6. The van der Waals surface area contributed by atoms with Crippen molar-refractivity contribution in [2.24, 2.45) is 0 Å². The van der Waals surface area contributed by atoms with Crippen molar-refractivity contribution in [3.05, 3.63) is 69.3 Å². The van der Waals surface area contributed by atoms with Crippen LogP contribution in [0.5, 0.6) is 0 Å². The molecule has 0 bridgehead atoms. The molecule has 5 nitrogen and oxygen atoms in total. The molecule has 0 aromatic heterocycles. The first-order valence-electron chi connectivity index (χ1n) is 8.55. The maximum atomic E-state index is 12.6. The van der Waals surface area contributed by atoms with Gasteiger partial charge in [0.2, 0.25) is 0 Å². The van der Waals surface area contributed by atoms with Gasteiger partial charge in [-0.3, -0.25) is 14.9 Å². The van der Waals surface area contributed by atoms with Crippen molar-refractivity contribution in [1.29, 1.82) is 0 Å². The van der Waals surface area contributed by atoms with Gasteiger partial charge in [0.05, 0.1) is 18.6 Å². The SMILES string of the molecule is CCOC(=O)CCN(Cc1ccccc1)C(=S)NC(=O)c1ccccc1I. The Hall–Kier alpha value is -2.00. The number of carbonyl (C=O) groups is 2. The molecule has 142 valence electrons. The van der Waals surface area contributed by atoms with Crippen LogP contribution >= 0.6 is 34.8 Å². The molecule has 0 fully saturated rings. The van der Waals surface area contributed by atoms with Gasteiger partial charge in [0.1, 0.15) is 0 Å². The number of halogens is 1. The van der Waals surface area contributed by atoms with Gasteiger partial charge in [-0.2, -0.15) is 0 Å². The number of rotatable bonds is 7. The molecule has 1 N–H and O–H groups in total. The first-order valence-corrected chi connectivity index (χ1v) is 10.0. The molecule has 0 aliphatic rings. The monoisotopic (exact) mass is 496 g/mol. The third-order valence-electron chi connectivity index (χ3n) is 3.73. The Morgan fingerprint density at radius 3 is 2.44 bits per heavy atom. The van der Waals surface area contributed by atoms with Crippen LogP contribution in [-0.2, 0) is 16.1 Å². The lowest BCUT2D eigenvalue weighted by atomic mass is 10.2. The summed E-state index contributed by atoms with van der Waals surface area (Å²) in [6.45, 7) is 2.96. The lowest BCUT2D eigenvalue weighted by Gasteiger charge is -2.25. The first-order chi connectivity index (χ1) is 13.0. The summed E-state index contributed by atoms with van der Waals surface area (Å²) in [4.78, 5) is 26.1. The number of hydrogen-bond donors (Lipinski definition) is 1. The molecule has 0 saturated carbocycles. The van der Waals surface area contributed by atoms with E-state index in [1.54, 1.807) is 17.9 Å². The predicted molar refractivity (Wildman–Crippen MR) is 117 cm³/mol. The second-order valence-electron chi connectivity index (χ2n) is 5.70. The Morgan fingerprint density at radius 2 is 1.78 bits per heavy atom. The summed E-state index contributed by atoms with van der Waals surface area (Å²) in [6, 6.07) is 17.1. The summed E-state index contributed by atoms with van der Waals surface area (Å²) >= 11 is 7.56. The molecule has 0 atom stereocenters. The van der Waals surface area contributed by atoms with E-state index in [2.05, 4.69) is 27.9 Å². The van der Waals surface area contributed by atoms with Crippen LogP contribution in [0.1, 0.15) is 29.3 Å². The zero-order valence-corrected chi connectivity index (χ0v) is 18.0. The largest absolute Gasteiger partial charge is 0.466 e. The Morgan fingerprint density at radius 1 is 1.11 bits per heavy atom. The Balaban J connectivity index is 2.08. The number of esters is 1. The number of nitrogens with one attached hydrogen (secondary N) is 1.